The Kier molecular flexibility index (Phi) is 14.5. The molecule has 5 N–H and O–H groups in total. The van der Waals surface area contributed by atoms with E-state index in [1.165, 1.54) is 32.2 Å². The van der Waals surface area contributed by atoms with Gasteiger partial charge >= 0.3 is 0 Å². The molecule has 12 nitrogen and oxygen atoms in total. The number of aromatic nitrogens is 1. The Morgan fingerprint density at radius 2 is 1.67 bits per heavy atom. The molecule has 1 aromatic heterocycles. The second kappa shape index (κ2) is 18.5. The SMILES string of the molecule is CNC(=O)[C@@H](C[C@H](O)[C@H](CC(C)C)NC(=O)[C@H](Cc1cscn1)NC(=O)[C@@H](CC(=O)N1CCOCC1)Cc1cccc2ccccc12)C(C)(C)O. The summed E-state index contributed by atoms with van der Waals surface area (Å²) in [7, 11) is 1.47. The van der Waals surface area contributed by atoms with E-state index in [-0.39, 0.29) is 37.5 Å². The van der Waals surface area contributed by atoms with Gasteiger partial charge in [0.05, 0.1) is 54.0 Å². The third-order valence-corrected chi connectivity index (χ3v) is 10.1. The highest BCUT2D eigenvalue weighted by atomic mass is 32.1. The van der Waals surface area contributed by atoms with E-state index in [1.54, 1.807) is 15.8 Å². The number of carbonyl (C=O) groups is 4. The minimum atomic E-state index is -1.42. The van der Waals surface area contributed by atoms with Gasteiger partial charge in [-0.15, -0.1) is 11.3 Å². The van der Waals surface area contributed by atoms with Gasteiger partial charge in [-0.2, -0.15) is 0 Å². The standard InChI is InChI=1S/C38H53N5O7S/c1-24(2)17-31(33(44)21-30(36(47)39-5)38(3,4)49)41-37(48)32(20-28-22-51-23-40-28)42-35(46)27(19-34(45)43-13-15-50-16-14-43)18-26-11-8-10-25-9-6-7-12-29(25)26/h6-12,22-24,27,30-33,44,49H,13-21H2,1-5H3,(H,39,47)(H,41,48)(H,42,46)/t27-,30-,31+,32+,33+/m1/s1. The third-order valence-electron chi connectivity index (χ3n) is 9.44. The lowest BCUT2D eigenvalue weighted by Crippen LogP contribution is -2.55. The fourth-order valence-electron chi connectivity index (χ4n) is 6.59. The normalized spacial score (nSPS) is 16.6. The van der Waals surface area contributed by atoms with Crippen molar-refractivity contribution < 1.29 is 34.1 Å². The van der Waals surface area contributed by atoms with E-state index in [2.05, 4.69) is 20.9 Å². The van der Waals surface area contributed by atoms with E-state index < -0.39 is 53.3 Å². The number of benzene rings is 2. The molecule has 0 radical (unpaired) electrons. The molecule has 3 aromatic rings. The fraction of sp³-hybridized carbons (Fsp3) is 0.553. The third kappa shape index (κ3) is 11.5. The first-order chi connectivity index (χ1) is 24.3. The topological polar surface area (TPSA) is 170 Å². The zero-order valence-electron chi connectivity index (χ0n) is 30.3. The second-order valence-corrected chi connectivity index (χ2v) is 15.1. The summed E-state index contributed by atoms with van der Waals surface area (Å²) in [5.41, 5.74) is 1.75. The van der Waals surface area contributed by atoms with Crippen LogP contribution in [0.1, 0.15) is 58.2 Å². The summed E-state index contributed by atoms with van der Waals surface area (Å²) in [6.07, 6.45) is -0.567. The van der Waals surface area contributed by atoms with Gasteiger partial charge in [-0.3, -0.25) is 19.2 Å². The van der Waals surface area contributed by atoms with Gasteiger partial charge in [0, 0.05) is 38.4 Å². The lowest BCUT2D eigenvalue weighted by Gasteiger charge is -2.34. The second-order valence-electron chi connectivity index (χ2n) is 14.3. The zero-order valence-corrected chi connectivity index (χ0v) is 31.1. The van der Waals surface area contributed by atoms with Crippen molar-refractivity contribution in [3.05, 3.63) is 64.6 Å². The number of fused-ring (bicyclic) bond motifs is 1. The van der Waals surface area contributed by atoms with Gasteiger partial charge in [-0.05, 0) is 55.4 Å². The van der Waals surface area contributed by atoms with Crippen LogP contribution in [0.3, 0.4) is 0 Å². The number of amides is 4. The number of rotatable bonds is 17. The van der Waals surface area contributed by atoms with E-state index in [4.69, 9.17) is 4.74 Å². The quantitative estimate of drug-likeness (QED) is 0.142. The zero-order chi connectivity index (χ0) is 37.1. The summed E-state index contributed by atoms with van der Waals surface area (Å²) < 4.78 is 5.43. The van der Waals surface area contributed by atoms with Crippen LogP contribution < -0.4 is 16.0 Å². The summed E-state index contributed by atoms with van der Waals surface area (Å²) in [5.74, 6) is -3.20. The largest absolute Gasteiger partial charge is 0.391 e. The average molecular weight is 724 g/mol. The van der Waals surface area contributed by atoms with Crippen LogP contribution in [-0.2, 0) is 36.8 Å². The molecule has 0 spiro atoms. The summed E-state index contributed by atoms with van der Waals surface area (Å²) >= 11 is 1.37. The Balaban J connectivity index is 1.60. The van der Waals surface area contributed by atoms with Crippen molar-refractivity contribution in [1.82, 2.24) is 25.8 Å². The molecule has 278 valence electrons. The van der Waals surface area contributed by atoms with Gasteiger partial charge < -0.3 is 35.8 Å². The number of hydrogen-bond acceptors (Lipinski definition) is 9. The first-order valence-electron chi connectivity index (χ1n) is 17.7. The van der Waals surface area contributed by atoms with Crippen LogP contribution >= 0.6 is 11.3 Å². The van der Waals surface area contributed by atoms with Gasteiger partial charge in [0.25, 0.3) is 0 Å². The van der Waals surface area contributed by atoms with Gasteiger partial charge in [-0.25, -0.2) is 4.98 Å². The summed E-state index contributed by atoms with van der Waals surface area (Å²) in [4.78, 5) is 60.6. The average Bonchev–Trinajstić information content (AvgIpc) is 3.62. The van der Waals surface area contributed by atoms with Crippen molar-refractivity contribution in [3.8, 4) is 0 Å². The Labute approximate surface area is 304 Å². The van der Waals surface area contributed by atoms with Crippen LogP contribution in [-0.4, -0.2) is 101 Å². The predicted octanol–water partition coefficient (Wildman–Crippen LogP) is 2.85. The summed E-state index contributed by atoms with van der Waals surface area (Å²) in [6.45, 7) is 8.69. The maximum absolute atomic E-state index is 14.3. The number of hydrogen-bond donors (Lipinski definition) is 5. The Bertz CT molecular complexity index is 1600. The Morgan fingerprint density at radius 1 is 0.961 bits per heavy atom. The van der Waals surface area contributed by atoms with Crippen molar-refractivity contribution in [1.29, 1.82) is 0 Å². The molecule has 4 rings (SSSR count). The minimum absolute atomic E-state index is 0.0490. The molecule has 4 amide bonds. The molecule has 2 heterocycles. The maximum atomic E-state index is 14.3. The lowest BCUT2D eigenvalue weighted by molar-refractivity contribution is -0.140. The van der Waals surface area contributed by atoms with E-state index in [9.17, 15) is 29.4 Å². The number of nitrogens with zero attached hydrogens (tertiary/aromatic N) is 2. The molecule has 2 aromatic carbocycles. The smallest absolute Gasteiger partial charge is 0.243 e. The summed E-state index contributed by atoms with van der Waals surface area (Å²) in [6, 6.07) is 11.9. The molecular formula is C38H53N5O7S. The van der Waals surface area contributed by atoms with Crippen LogP contribution in [0, 0.1) is 17.8 Å². The van der Waals surface area contributed by atoms with Crippen LogP contribution in [0.25, 0.3) is 10.8 Å². The maximum Gasteiger partial charge on any atom is 0.243 e. The van der Waals surface area contributed by atoms with Gasteiger partial charge in [0.15, 0.2) is 0 Å². The number of aliphatic hydroxyl groups is 2. The van der Waals surface area contributed by atoms with Crippen molar-refractivity contribution in [2.45, 2.75) is 83.6 Å². The van der Waals surface area contributed by atoms with Crippen molar-refractivity contribution in [3.63, 3.8) is 0 Å². The number of thiazole rings is 1. The summed E-state index contributed by atoms with van der Waals surface area (Å²) in [5, 5.41) is 34.4. The van der Waals surface area contributed by atoms with Crippen LogP contribution in [0.2, 0.25) is 0 Å². The first kappa shape index (κ1) is 39.9. The molecule has 1 aliphatic rings. The van der Waals surface area contributed by atoms with Crippen LogP contribution in [0.4, 0.5) is 0 Å². The van der Waals surface area contributed by atoms with Gasteiger partial charge in [0.1, 0.15) is 6.04 Å². The molecule has 0 unspecified atom stereocenters. The molecule has 1 fully saturated rings. The molecule has 1 saturated heterocycles. The molecule has 0 saturated carbocycles. The molecule has 5 atom stereocenters. The number of morpholine rings is 1. The predicted molar refractivity (Wildman–Crippen MR) is 197 cm³/mol. The van der Waals surface area contributed by atoms with Crippen molar-refractivity contribution in [2.75, 3.05) is 33.4 Å². The highest BCUT2D eigenvalue weighted by molar-refractivity contribution is 7.07. The minimum Gasteiger partial charge on any atom is -0.391 e. The van der Waals surface area contributed by atoms with E-state index in [1.807, 2.05) is 56.3 Å². The Hall–Kier alpha value is -3.91. The molecule has 13 heteroatoms. The number of nitrogens with one attached hydrogen (secondary N) is 3. The number of ether oxygens (including phenoxy) is 1. The van der Waals surface area contributed by atoms with E-state index in [0.29, 0.717) is 38.4 Å². The molecule has 0 bridgehead atoms. The van der Waals surface area contributed by atoms with Gasteiger partial charge in [-0.1, -0.05) is 56.3 Å². The fourth-order valence-corrected chi connectivity index (χ4v) is 7.16. The van der Waals surface area contributed by atoms with Crippen LogP contribution in [0.15, 0.2) is 53.4 Å². The van der Waals surface area contributed by atoms with Crippen molar-refractivity contribution >= 4 is 45.7 Å². The first-order valence-corrected chi connectivity index (χ1v) is 18.6. The Morgan fingerprint density at radius 3 is 2.31 bits per heavy atom. The molecule has 1 aliphatic heterocycles. The van der Waals surface area contributed by atoms with Crippen molar-refractivity contribution in [2.24, 2.45) is 17.8 Å². The number of carbonyl (C=O) groups excluding carboxylic acids is 4. The van der Waals surface area contributed by atoms with E-state index in [0.717, 1.165) is 16.3 Å². The van der Waals surface area contributed by atoms with E-state index >= 15 is 0 Å². The number of aliphatic hydroxyl groups excluding tert-OH is 1. The molecule has 51 heavy (non-hydrogen) atoms. The highest BCUT2D eigenvalue weighted by Crippen LogP contribution is 2.26. The lowest BCUT2D eigenvalue weighted by atomic mass is 9.82. The monoisotopic (exact) mass is 723 g/mol. The van der Waals surface area contributed by atoms with Crippen LogP contribution in [0.5, 0.6) is 0 Å². The molecule has 0 aliphatic carbocycles. The van der Waals surface area contributed by atoms with Gasteiger partial charge in [0.2, 0.25) is 23.6 Å². The molecular weight excluding hydrogens is 671 g/mol. The highest BCUT2D eigenvalue weighted by Gasteiger charge is 2.38.